The molecule has 160 valence electrons. The highest BCUT2D eigenvalue weighted by Crippen LogP contribution is 2.21. The molecule has 0 bridgehead atoms. The second kappa shape index (κ2) is 10.2. The Balaban J connectivity index is 1.33. The van der Waals surface area contributed by atoms with Crippen LogP contribution in [0, 0.1) is 0 Å². The van der Waals surface area contributed by atoms with E-state index < -0.39 is 0 Å². The van der Waals surface area contributed by atoms with Gasteiger partial charge in [-0.15, -0.1) is 0 Å². The number of aryl methyl sites for hydroxylation is 2. The predicted molar refractivity (Wildman–Crippen MR) is 126 cm³/mol. The van der Waals surface area contributed by atoms with Crippen molar-refractivity contribution in [3.05, 3.63) is 89.5 Å². The van der Waals surface area contributed by atoms with Gasteiger partial charge in [0, 0.05) is 42.6 Å². The highest BCUT2D eigenvalue weighted by Gasteiger charge is 2.07. The molecule has 4 aromatic rings. The lowest BCUT2D eigenvalue weighted by Gasteiger charge is -2.13. The van der Waals surface area contributed by atoms with Crippen LogP contribution in [-0.2, 0) is 19.3 Å². The number of H-pyrrole nitrogens is 1. The maximum Gasteiger partial charge on any atom is 0.137 e. The minimum atomic E-state index is 0.742. The molecule has 1 N–H and O–H groups in total. The summed E-state index contributed by atoms with van der Waals surface area (Å²) < 4.78 is 6.03. The monoisotopic (exact) mass is 414 g/mol. The number of hydrogen-bond acceptors (Lipinski definition) is 4. The van der Waals surface area contributed by atoms with Crippen molar-refractivity contribution in [2.24, 2.45) is 0 Å². The van der Waals surface area contributed by atoms with Crippen LogP contribution in [0.1, 0.15) is 28.8 Å². The van der Waals surface area contributed by atoms with Crippen molar-refractivity contribution < 1.29 is 4.74 Å². The summed E-state index contributed by atoms with van der Waals surface area (Å²) in [5.74, 6) is 0.992. The van der Waals surface area contributed by atoms with Crippen molar-refractivity contribution in [2.75, 3.05) is 27.2 Å². The molecule has 3 aromatic heterocycles. The maximum atomic E-state index is 6.03. The molecule has 0 amide bonds. The lowest BCUT2D eigenvalue weighted by atomic mass is 10.0. The topological polar surface area (TPSA) is 54.0 Å². The number of hydrogen-bond donors (Lipinski definition) is 1. The van der Waals surface area contributed by atoms with Crippen LogP contribution in [0.4, 0.5) is 0 Å². The third-order valence-corrected chi connectivity index (χ3v) is 5.45. The Hall–Kier alpha value is -3.18. The molecule has 0 aliphatic rings. The second-order valence-corrected chi connectivity index (χ2v) is 8.16. The van der Waals surface area contributed by atoms with Gasteiger partial charge in [0.2, 0.25) is 0 Å². The summed E-state index contributed by atoms with van der Waals surface area (Å²) in [6.07, 6.45) is 9.54. The normalized spacial score (nSPS) is 11.3. The lowest BCUT2D eigenvalue weighted by molar-refractivity contribution is 0.279. The molecule has 31 heavy (non-hydrogen) atoms. The molecule has 0 atom stereocenters. The fourth-order valence-corrected chi connectivity index (χ4v) is 3.76. The third kappa shape index (κ3) is 5.70. The second-order valence-electron chi connectivity index (χ2n) is 8.16. The van der Waals surface area contributed by atoms with Crippen LogP contribution in [0.15, 0.2) is 67.1 Å². The number of benzene rings is 1. The van der Waals surface area contributed by atoms with Crippen LogP contribution in [0.5, 0.6) is 5.75 Å². The fraction of sp³-hybridized carbons (Fsp3) is 0.308. The van der Waals surface area contributed by atoms with Crippen molar-refractivity contribution >= 4 is 11.0 Å². The summed E-state index contributed by atoms with van der Waals surface area (Å²) in [6, 6.07) is 16.7. The van der Waals surface area contributed by atoms with Crippen molar-refractivity contribution in [3.63, 3.8) is 0 Å². The number of para-hydroxylation sites is 1. The summed E-state index contributed by atoms with van der Waals surface area (Å²) in [7, 11) is 4.17. The summed E-state index contributed by atoms with van der Waals surface area (Å²) in [5.41, 5.74) is 5.73. The Bertz CT molecular complexity index is 1100. The Labute approximate surface area is 184 Å². The highest BCUT2D eigenvalue weighted by molar-refractivity contribution is 5.79. The molecule has 0 aliphatic carbocycles. The van der Waals surface area contributed by atoms with Gasteiger partial charge in [0.05, 0.1) is 6.61 Å². The van der Waals surface area contributed by atoms with Crippen LogP contribution in [-0.4, -0.2) is 47.1 Å². The molecule has 0 spiro atoms. The number of fused-ring (bicyclic) bond motifs is 1. The largest absolute Gasteiger partial charge is 0.493 e. The molecule has 1 aromatic carbocycles. The SMILES string of the molecule is CN(C)CCCOc1ccccc1CCc1ccc(Cc2c[nH]c3ncccc23)cn1. The number of ether oxygens (including phenoxy) is 1. The minimum absolute atomic E-state index is 0.742. The van der Waals surface area contributed by atoms with Crippen LogP contribution >= 0.6 is 0 Å². The minimum Gasteiger partial charge on any atom is -0.493 e. The average Bonchev–Trinajstić information content (AvgIpc) is 3.20. The van der Waals surface area contributed by atoms with Gasteiger partial charge >= 0.3 is 0 Å². The molecular formula is C26H30N4O. The van der Waals surface area contributed by atoms with Gasteiger partial charge in [0.15, 0.2) is 0 Å². The van der Waals surface area contributed by atoms with E-state index >= 15 is 0 Å². The molecule has 4 rings (SSSR count). The van der Waals surface area contributed by atoms with E-state index in [2.05, 4.69) is 65.4 Å². The number of aromatic nitrogens is 3. The van der Waals surface area contributed by atoms with Crippen molar-refractivity contribution in [1.29, 1.82) is 0 Å². The predicted octanol–water partition coefficient (Wildman–Crippen LogP) is 4.66. The quantitative estimate of drug-likeness (QED) is 0.383. The third-order valence-electron chi connectivity index (χ3n) is 5.45. The Morgan fingerprint density at radius 3 is 2.68 bits per heavy atom. The van der Waals surface area contributed by atoms with Gasteiger partial charge in [-0.3, -0.25) is 4.98 Å². The maximum absolute atomic E-state index is 6.03. The van der Waals surface area contributed by atoms with Gasteiger partial charge < -0.3 is 14.6 Å². The van der Waals surface area contributed by atoms with Gasteiger partial charge in [-0.25, -0.2) is 4.98 Å². The Kier molecular flexibility index (Phi) is 6.95. The standard InChI is InChI=1S/C26H30N4O/c1-30(2)15-6-16-31-25-9-4-3-7-21(25)11-13-23-12-10-20(18-28-23)17-22-19-29-26-24(22)8-5-14-27-26/h3-5,7-10,12,14,18-19H,6,11,13,15-17H2,1-2H3,(H,27,29). The summed E-state index contributed by atoms with van der Waals surface area (Å²) in [5, 5.41) is 1.17. The van der Waals surface area contributed by atoms with Crippen molar-refractivity contribution in [2.45, 2.75) is 25.7 Å². The van der Waals surface area contributed by atoms with Gasteiger partial charge in [0.1, 0.15) is 11.4 Å². The zero-order chi connectivity index (χ0) is 21.5. The summed E-state index contributed by atoms with van der Waals surface area (Å²) in [4.78, 5) is 14.5. The first-order valence-electron chi connectivity index (χ1n) is 10.9. The first kappa shape index (κ1) is 21.1. The number of nitrogens with zero attached hydrogens (tertiary/aromatic N) is 3. The smallest absolute Gasteiger partial charge is 0.137 e. The fourth-order valence-electron chi connectivity index (χ4n) is 3.76. The van der Waals surface area contributed by atoms with E-state index in [1.165, 1.54) is 22.1 Å². The van der Waals surface area contributed by atoms with Gasteiger partial charge in [-0.05, 0) is 74.3 Å². The average molecular weight is 415 g/mol. The number of nitrogens with one attached hydrogen (secondary N) is 1. The van der Waals surface area contributed by atoms with Crippen molar-refractivity contribution in [1.82, 2.24) is 19.9 Å². The van der Waals surface area contributed by atoms with Crippen LogP contribution in [0.2, 0.25) is 0 Å². The van der Waals surface area contributed by atoms with E-state index in [-0.39, 0.29) is 0 Å². The molecule has 0 saturated carbocycles. The molecule has 5 nitrogen and oxygen atoms in total. The van der Waals surface area contributed by atoms with E-state index in [1.807, 2.05) is 30.7 Å². The molecule has 0 unspecified atom stereocenters. The zero-order valence-electron chi connectivity index (χ0n) is 18.3. The molecule has 0 fully saturated rings. The first-order valence-corrected chi connectivity index (χ1v) is 10.9. The molecular weight excluding hydrogens is 384 g/mol. The first-order chi connectivity index (χ1) is 15.2. The van der Waals surface area contributed by atoms with Crippen LogP contribution < -0.4 is 4.74 Å². The van der Waals surface area contributed by atoms with Gasteiger partial charge in [-0.2, -0.15) is 0 Å². The van der Waals surface area contributed by atoms with E-state index in [9.17, 15) is 0 Å². The zero-order valence-corrected chi connectivity index (χ0v) is 18.3. The van der Waals surface area contributed by atoms with Crippen LogP contribution in [0.3, 0.4) is 0 Å². The number of pyridine rings is 2. The van der Waals surface area contributed by atoms with Gasteiger partial charge in [0.25, 0.3) is 0 Å². The molecule has 0 radical (unpaired) electrons. The summed E-state index contributed by atoms with van der Waals surface area (Å²) >= 11 is 0. The molecule has 0 aliphatic heterocycles. The lowest BCUT2D eigenvalue weighted by Crippen LogP contribution is -2.15. The summed E-state index contributed by atoms with van der Waals surface area (Å²) in [6.45, 7) is 1.78. The molecule has 0 saturated heterocycles. The number of aromatic amines is 1. The van der Waals surface area contributed by atoms with E-state index in [4.69, 9.17) is 9.72 Å². The number of rotatable bonds is 10. The molecule has 3 heterocycles. The Morgan fingerprint density at radius 1 is 0.935 bits per heavy atom. The Morgan fingerprint density at radius 2 is 1.84 bits per heavy atom. The highest BCUT2D eigenvalue weighted by atomic mass is 16.5. The van der Waals surface area contributed by atoms with Gasteiger partial charge in [-0.1, -0.05) is 24.3 Å². The van der Waals surface area contributed by atoms with E-state index in [1.54, 1.807) is 0 Å². The van der Waals surface area contributed by atoms with Crippen molar-refractivity contribution in [3.8, 4) is 5.75 Å². The van der Waals surface area contributed by atoms with E-state index in [0.29, 0.717) is 0 Å². The van der Waals surface area contributed by atoms with Crippen LogP contribution in [0.25, 0.3) is 11.0 Å². The van der Waals surface area contributed by atoms with E-state index in [0.717, 1.165) is 55.9 Å². The molecule has 5 heteroatoms.